The number of hydrogen-bond donors (Lipinski definition) is 0. The van der Waals surface area contributed by atoms with Crippen LogP contribution in [0.25, 0.3) is 0 Å². The summed E-state index contributed by atoms with van der Waals surface area (Å²) in [6, 6.07) is 9.26. The van der Waals surface area contributed by atoms with E-state index in [-0.39, 0.29) is 23.9 Å². The second-order valence-electron chi connectivity index (χ2n) is 8.54. The summed E-state index contributed by atoms with van der Waals surface area (Å²) in [6.45, 7) is 7.17. The van der Waals surface area contributed by atoms with E-state index in [1.807, 2.05) is 49.1 Å². The summed E-state index contributed by atoms with van der Waals surface area (Å²) < 4.78 is 5.33. The summed E-state index contributed by atoms with van der Waals surface area (Å²) in [5.41, 5.74) is 0.964. The SMILES string of the molecule is CC(C)COC(=O)N1CCCN(C(=O)C2CCCN2C(=O)Cc2ccccc2)CC1. The lowest BCUT2D eigenvalue weighted by atomic mass is 10.1. The Morgan fingerprint density at radius 1 is 0.967 bits per heavy atom. The van der Waals surface area contributed by atoms with Crippen molar-refractivity contribution in [3.05, 3.63) is 35.9 Å². The Labute approximate surface area is 179 Å². The molecule has 0 radical (unpaired) electrons. The number of nitrogens with zero attached hydrogens (tertiary/aromatic N) is 3. The number of rotatable bonds is 5. The molecule has 0 bridgehead atoms. The third-order valence-electron chi connectivity index (χ3n) is 5.66. The monoisotopic (exact) mass is 415 g/mol. The van der Waals surface area contributed by atoms with Crippen LogP contribution in [-0.2, 0) is 20.7 Å². The first-order chi connectivity index (χ1) is 14.5. The summed E-state index contributed by atoms with van der Waals surface area (Å²) in [4.78, 5) is 43.5. The van der Waals surface area contributed by atoms with Gasteiger partial charge < -0.3 is 19.4 Å². The Morgan fingerprint density at radius 2 is 1.67 bits per heavy atom. The second kappa shape index (κ2) is 10.5. The molecular weight excluding hydrogens is 382 g/mol. The molecule has 2 saturated heterocycles. The van der Waals surface area contributed by atoms with Gasteiger partial charge in [-0.3, -0.25) is 9.59 Å². The fourth-order valence-electron chi connectivity index (χ4n) is 4.05. The van der Waals surface area contributed by atoms with Gasteiger partial charge in [-0.2, -0.15) is 0 Å². The lowest BCUT2D eigenvalue weighted by Gasteiger charge is -2.29. The molecule has 30 heavy (non-hydrogen) atoms. The number of likely N-dealkylation sites (tertiary alicyclic amines) is 1. The van der Waals surface area contributed by atoms with Crippen LogP contribution in [0.5, 0.6) is 0 Å². The van der Waals surface area contributed by atoms with Crippen molar-refractivity contribution in [2.45, 2.75) is 45.6 Å². The molecule has 0 N–H and O–H groups in total. The minimum absolute atomic E-state index is 0.00533. The fraction of sp³-hybridized carbons (Fsp3) is 0.609. The summed E-state index contributed by atoms with van der Waals surface area (Å²) >= 11 is 0. The summed E-state index contributed by atoms with van der Waals surface area (Å²) in [5, 5.41) is 0. The maximum absolute atomic E-state index is 13.2. The number of hydrogen-bond acceptors (Lipinski definition) is 4. The van der Waals surface area contributed by atoms with E-state index in [1.165, 1.54) is 0 Å². The molecular formula is C23H33N3O4. The highest BCUT2D eigenvalue weighted by atomic mass is 16.6. The number of carbonyl (C=O) groups is 3. The van der Waals surface area contributed by atoms with E-state index in [0.29, 0.717) is 64.5 Å². The van der Waals surface area contributed by atoms with Crippen LogP contribution in [0.4, 0.5) is 4.79 Å². The van der Waals surface area contributed by atoms with Crippen LogP contribution in [0, 0.1) is 5.92 Å². The van der Waals surface area contributed by atoms with Crippen molar-refractivity contribution in [3.63, 3.8) is 0 Å². The second-order valence-corrected chi connectivity index (χ2v) is 8.54. The first-order valence-electron chi connectivity index (χ1n) is 11.0. The maximum Gasteiger partial charge on any atom is 0.409 e. The van der Waals surface area contributed by atoms with Crippen molar-refractivity contribution in [1.82, 2.24) is 14.7 Å². The summed E-state index contributed by atoms with van der Waals surface area (Å²) in [7, 11) is 0. The Bertz CT molecular complexity index is 737. The average molecular weight is 416 g/mol. The molecule has 1 unspecified atom stereocenters. The van der Waals surface area contributed by atoms with Crippen LogP contribution in [0.2, 0.25) is 0 Å². The van der Waals surface area contributed by atoms with E-state index in [1.54, 1.807) is 9.80 Å². The van der Waals surface area contributed by atoms with Gasteiger partial charge in [-0.15, -0.1) is 0 Å². The first-order valence-corrected chi connectivity index (χ1v) is 11.0. The molecule has 2 fully saturated rings. The van der Waals surface area contributed by atoms with Crippen LogP contribution in [0.15, 0.2) is 30.3 Å². The van der Waals surface area contributed by atoms with Crippen LogP contribution in [0.3, 0.4) is 0 Å². The lowest BCUT2D eigenvalue weighted by Crippen LogP contribution is -2.49. The van der Waals surface area contributed by atoms with Crippen LogP contribution in [0.1, 0.15) is 38.7 Å². The van der Waals surface area contributed by atoms with Gasteiger partial charge in [0, 0.05) is 32.7 Å². The average Bonchev–Trinajstić information content (AvgIpc) is 3.10. The molecule has 0 aliphatic carbocycles. The van der Waals surface area contributed by atoms with Crippen molar-refractivity contribution in [2.24, 2.45) is 5.92 Å². The molecule has 2 heterocycles. The third kappa shape index (κ3) is 5.74. The third-order valence-corrected chi connectivity index (χ3v) is 5.66. The highest BCUT2D eigenvalue weighted by Gasteiger charge is 2.37. The predicted molar refractivity (Wildman–Crippen MR) is 114 cm³/mol. The van der Waals surface area contributed by atoms with Crippen molar-refractivity contribution < 1.29 is 19.1 Å². The van der Waals surface area contributed by atoms with E-state index in [2.05, 4.69) is 0 Å². The first kappa shape index (κ1) is 22.1. The summed E-state index contributed by atoms with van der Waals surface area (Å²) in [6.07, 6.45) is 2.28. The molecule has 1 atom stereocenters. The van der Waals surface area contributed by atoms with Gasteiger partial charge in [-0.05, 0) is 30.7 Å². The highest BCUT2D eigenvalue weighted by molar-refractivity contribution is 5.89. The molecule has 1 aromatic rings. The predicted octanol–water partition coefficient (Wildman–Crippen LogP) is 2.55. The van der Waals surface area contributed by atoms with Gasteiger partial charge in [0.05, 0.1) is 13.0 Å². The van der Waals surface area contributed by atoms with Crippen molar-refractivity contribution in [2.75, 3.05) is 39.3 Å². The Hall–Kier alpha value is -2.57. The number of benzene rings is 1. The molecule has 2 aliphatic heterocycles. The van der Waals surface area contributed by atoms with E-state index in [4.69, 9.17) is 4.74 Å². The molecule has 164 valence electrons. The normalized spacial score (nSPS) is 19.7. The van der Waals surface area contributed by atoms with Crippen LogP contribution >= 0.6 is 0 Å². The topological polar surface area (TPSA) is 70.2 Å². The molecule has 1 aromatic carbocycles. The molecule has 7 heteroatoms. The highest BCUT2D eigenvalue weighted by Crippen LogP contribution is 2.22. The van der Waals surface area contributed by atoms with Crippen molar-refractivity contribution >= 4 is 17.9 Å². The zero-order valence-corrected chi connectivity index (χ0v) is 18.1. The van der Waals surface area contributed by atoms with Gasteiger partial charge in [-0.25, -0.2) is 4.79 Å². The van der Waals surface area contributed by atoms with Crippen molar-refractivity contribution in [1.29, 1.82) is 0 Å². The minimum atomic E-state index is -0.388. The van der Waals surface area contributed by atoms with E-state index in [0.717, 1.165) is 12.0 Å². The lowest BCUT2D eigenvalue weighted by molar-refractivity contribution is -0.143. The molecule has 7 nitrogen and oxygen atoms in total. The van der Waals surface area contributed by atoms with E-state index in [9.17, 15) is 14.4 Å². The molecule has 3 rings (SSSR count). The zero-order chi connectivity index (χ0) is 21.5. The van der Waals surface area contributed by atoms with Crippen LogP contribution < -0.4 is 0 Å². The molecule has 3 amide bonds. The molecule has 0 aromatic heterocycles. The van der Waals surface area contributed by atoms with Gasteiger partial charge >= 0.3 is 6.09 Å². The fourth-order valence-corrected chi connectivity index (χ4v) is 4.05. The maximum atomic E-state index is 13.2. The number of ether oxygens (including phenoxy) is 1. The zero-order valence-electron chi connectivity index (χ0n) is 18.1. The Kier molecular flexibility index (Phi) is 7.71. The van der Waals surface area contributed by atoms with Gasteiger partial charge in [0.2, 0.25) is 11.8 Å². The van der Waals surface area contributed by atoms with E-state index >= 15 is 0 Å². The minimum Gasteiger partial charge on any atom is -0.449 e. The Balaban J connectivity index is 1.56. The standard InChI is InChI=1S/C23H33N3O4/c1-18(2)17-30-23(29)25-12-7-11-24(14-15-25)22(28)20-10-6-13-26(20)21(27)16-19-8-4-3-5-9-19/h3-5,8-9,18,20H,6-7,10-17H2,1-2H3. The van der Waals surface area contributed by atoms with Crippen molar-refractivity contribution in [3.8, 4) is 0 Å². The van der Waals surface area contributed by atoms with Crippen LogP contribution in [-0.4, -0.2) is 78.0 Å². The van der Waals surface area contributed by atoms with Gasteiger partial charge in [0.25, 0.3) is 0 Å². The number of carbonyl (C=O) groups excluding carboxylic acids is 3. The van der Waals surface area contributed by atoms with Gasteiger partial charge in [0.1, 0.15) is 6.04 Å². The molecule has 0 saturated carbocycles. The summed E-state index contributed by atoms with van der Waals surface area (Å²) in [5.74, 6) is 0.304. The van der Waals surface area contributed by atoms with E-state index < -0.39 is 0 Å². The number of amides is 3. The largest absolute Gasteiger partial charge is 0.449 e. The Morgan fingerprint density at radius 3 is 2.40 bits per heavy atom. The van der Waals surface area contributed by atoms with Gasteiger partial charge in [-0.1, -0.05) is 44.2 Å². The van der Waals surface area contributed by atoms with Gasteiger partial charge in [0.15, 0.2) is 0 Å². The smallest absolute Gasteiger partial charge is 0.409 e. The molecule has 0 spiro atoms. The quantitative estimate of drug-likeness (QED) is 0.741. The molecule has 2 aliphatic rings.